The summed E-state index contributed by atoms with van der Waals surface area (Å²) < 4.78 is 3.82. The lowest BCUT2D eigenvalue weighted by molar-refractivity contribution is 0.627. The largest absolute Gasteiger partial charge is 0.364 e. The van der Waals surface area contributed by atoms with E-state index in [1.165, 1.54) is 0 Å². The van der Waals surface area contributed by atoms with E-state index >= 15 is 0 Å². The Hall–Kier alpha value is -2.70. The second kappa shape index (κ2) is 5.74. The second-order valence-corrected chi connectivity index (χ2v) is 4.69. The third kappa shape index (κ3) is 2.76. The van der Waals surface area contributed by atoms with Crippen LogP contribution in [0.5, 0.6) is 0 Å². The molecule has 0 fully saturated rings. The molecule has 108 valence electrons. The van der Waals surface area contributed by atoms with Crippen LogP contribution < -0.4 is 5.32 Å². The number of hydrogen-bond donors (Lipinski definition) is 1. The van der Waals surface area contributed by atoms with Crippen molar-refractivity contribution in [3.05, 3.63) is 42.6 Å². The zero-order valence-corrected chi connectivity index (χ0v) is 12.1. The predicted molar refractivity (Wildman–Crippen MR) is 79.5 cm³/mol. The molecule has 7 heteroatoms. The molecular weight excluding hydrogens is 266 g/mol. The minimum atomic E-state index is 0.699. The number of nitrogens with one attached hydrogen (secondary N) is 1. The van der Waals surface area contributed by atoms with Crippen LogP contribution in [0.3, 0.4) is 0 Å². The summed E-state index contributed by atoms with van der Waals surface area (Å²) in [6, 6.07) is 5.93. The maximum Gasteiger partial charge on any atom is 0.165 e. The molecule has 1 N–H and O–H groups in total. The van der Waals surface area contributed by atoms with Crippen molar-refractivity contribution < 1.29 is 0 Å². The van der Waals surface area contributed by atoms with E-state index in [2.05, 4.69) is 32.5 Å². The smallest absolute Gasteiger partial charge is 0.165 e. The Bertz CT molecular complexity index is 711. The fourth-order valence-corrected chi connectivity index (χ4v) is 2.15. The number of anilines is 1. The van der Waals surface area contributed by atoms with Crippen molar-refractivity contribution in [1.82, 2.24) is 29.5 Å². The van der Waals surface area contributed by atoms with Crippen molar-refractivity contribution in [2.24, 2.45) is 7.05 Å². The minimum absolute atomic E-state index is 0.699. The van der Waals surface area contributed by atoms with Crippen molar-refractivity contribution in [2.45, 2.75) is 20.0 Å². The highest BCUT2D eigenvalue weighted by Crippen LogP contribution is 2.16. The first-order valence-corrected chi connectivity index (χ1v) is 6.83. The SMILES string of the molecule is CCn1nccc1CNc1ccc(-c2nncn2C)cn1. The number of rotatable bonds is 5. The zero-order valence-electron chi connectivity index (χ0n) is 12.1. The van der Waals surface area contributed by atoms with Gasteiger partial charge in [-0.2, -0.15) is 5.10 Å². The maximum absolute atomic E-state index is 4.41. The molecule has 0 aliphatic heterocycles. The van der Waals surface area contributed by atoms with Crippen LogP contribution >= 0.6 is 0 Å². The topological polar surface area (TPSA) is 73.5 Å². The number of pyridine rings is 1. The van der Waals surface area contributed by atoms with Gasteiger partial charge in [-0.25, -0.2) is 4.98 Å². The van der Waals surface area contributed by atoms with Gasteiger partial charge in [0.1, 0.15) is 12.1 Å². The molecule has 0 aliphatic rings. The van der Waals surface area contributed by atoms with Crippen molar-refractivity contribution in [2.75, 3.05) is 5.32 Å². The zero-order chi connectivity index (χ0) is 14.7. The highest BCUT2D eigenvalue weighted by Gasteiger charge is 2.05. The van der Waals surface area contributed by atoms with Gasteiger partial charge in [-0.15, -0.1) is 10.2 Å². The van der Waals surface area contributed by atoms with Gasteiger partial charge in [0.25, 0.3) is 0 Å². The summed E-state index contributed by atoms with van der Waals surface area (Å²) in [5.41, 5.74) is 2.08. The third-order valence-corrected chi connectivity index (χ3v) is 3.29. The van der Waals surface area contributed by atoms with Crippen LogP contribution in [0.25, 0.3) is 11.4 Å². The molecule has 3 aromatic rings. The van der Waals surface area contributed by atoms with E-state index in [4.69, 9.17) is 0 Å². The summed E-state index contributed by atoms with van der Waals surface area (Å²) in [5, 5.41) is 15.5. The summed E-state index contributed by atoms with van der Waals surface area (Å²) in [6.07, 6.45) is 5.28. The molecule has 0 unspecified atom stereocenters. The van der Waals surface area contributed by atoms with Crippen molar-refractivity contribution in [3.63, 3.8) is 0 Å². The molecule has 3 heterocycles. The molecule has 0 aliphatic carbocycles. The summed E-state index contributed by atoms with van der Waals surface area (Å²) in [4.78, 5) is 4.41. The van der Waals surface area contributed by atoms with Crippen molar-refractivity contribution >= 4 is 5.82 Å². The van der Waals surface area contributed by atoms with Gasteiger partial charge in [0, 0.05) is 31.5 Å². The van der Waals surface area contributed by atoms with Crippen molar-refractivity contribution in [1.29, 1.82) is 0 Å². The first-order valence-electron chi connectivity index (χ1n) is 6.83. The van der Waals surface area contributed by atoms with Crippen LogP contribution in [0.4, 0.5) is 5.82 Å². The molecule has 3 aromatic heterocycles. The van der Waals surface area contributed by atoms with Gasteiger partial charge < -0.3 is 9.88 Å². The first kappa shape index (κ1) is 13.3. The van der Waals surface area contributed by atoms with E-state index in [1.54, 1.807) is 12.5 Å². The van der Waals surface area contributed by atoms with Gasteiger partial charge in [-0.3, -0.25) is 4.68 Å². The second-order valence-electron chi connectivity index (χ2n) is 4.69. The van der Waals surface area contributed by atoms with Gasteiger partial charge in [0.2, 0.25) is 0 Å². The van der Waals surface area contributed by atoms with Crippen molar-refractivity contribution in [3.8, 4) is 11.4 Å². The molecule has 0 spiro atoms. The average Bonchev–Trinajstić information content (AvgIpc) is 3.14. The predicted octanol–water partition coefficient (Wildman–Crippen LogP) is 1.71. The molecule has 0 amide bonds. The molecule has 0 saturated heterocycles. The summed E-state index contributed by atoms with van der Waals surface area (Å²) in [7, 11) is 1.91. The Morgan fingerprint density at radius 2 is 2.14 bits per heavy atom. The normalized spacial score (nSPS) is 10.8. The van der Waals surface area contributed by atoms with Gasteiger partial charge >= 0.3 is 0 Å². The Morgan fingerprint density at radius 3 is 2.81 bits per heavy atom. The molecule has 0 radical (unpaired) electrons. The van der Waals surface area contributed by atoms with Crippen LogP contribution in [-0.2, 0) is 20.1 Å². The van der Waals surface area contributed by atoms with E-state index < -0.39 is 0 Å². The summed E-state index contributed by atoms with van der Waals surface area (Å²) in [6.45, 7) is 3.64. The number of aryl methyl sites for hydroxylation is 2. The quantitative estimate of drug-likeness (QED) is 0.771. The van der Waals surface area contributed by atoms with Gasteiger partial charge in [-0.05, 0) is 25.1 Å². The fourth-order valence-electron chi connectivity index (χ4n) is 2.15. The first-order chi connectivity index (χ1) is 10.3. The molecule has 0 aromatic carbocycles. The summed E-state index contributed by atoms with van der Waals surface area (Å²) in [5.74, 6) is 1.63. The van der Waals surface area contributed by atoms with Gasteiger partial charge in [0.05, 0.1) is 12.2 Å². The lowest BCUT2D eigenvalue weighted by Gasteiger charge is -2.08. The highest BCUT2D eigenvalue weighted by atomic mass is 15.3. The molecule has 0 atom stereocenters. The van der Waals surface area contributed by atoms with E-state index in [1.807, 2.05) is 40.7 Å². The minimum Gasteiger partial charge on any atom is -0.364 e. The van der Waals surface area contributed by atoms with Gasteiger partial charge in [-0.1, -0.05) is 0 Å². The van der Waals surface area contributed by atoms with Crippen LogP contribution in [0, 0.1) is 0 Å². The maximum atomic E-state index is 4.41. The third-order valence-electron chi connectivity index (χ3n) is 3.29. The lowest BCUT2D eigenvalue weighted by Crippen LogP contribution is -2.08. The Kier molecular flexibility index (Phi) is 3.63. The van der Waals surface area contributed by atoms with Crippen LogP contribution in [-0.4, -0.2) is 29.5 Å². The Balaban J connectivity index is 1.69. The monoisotopic (exact) mass is 283 g/mol. The van der Waals surface area contributed by atoms with Crippen LogP contribution in [0.1, 0.15) is 12.6 Å². The molecule has 0 bridgehead atoms. The number of aromatic nitrogens is 6. The Labute approximate surface area is 122 Å². The fraction of sp³-hybridized carbons (Fsp3) is 0.286. The molecule has 21 heavy (non-hydrogen) atoms. The average molecular weight is 283 g/mol. The summed E-state index contributed by atoms with van der Waals surface area (Å²) >= 11 is 0. The molecule has 0 saturated carbocycles. The molecular formula is C14H17N7. The highest BCUT2D eigenvalue weighted by molar-refractivity contribution is 5.55. The van der Waals surface area contributed by atoms with E-state index in [9.17, 15) is 0 Å². The van der Waals surface area contributed by atoms with E-state index in [0.717, 1.165) is 29.4 Å². The van der Waals surface area contributed by atoms with E-state index in [-0.39, 0.29) is 0 Å². The molecule has 3 rings (SSSR count). The number of hydrogen-bond acceptors (Lipinski definition) is 5. The number of nitrogens with zero attached hydrogens (tertiary/aromatic N) is 6. The molecule has 7 nitrogen and oxygen atoms in total. The standard InChI is InChI=1S/C14H17N7/c1-3-21-12(6-7-18-21)9-16-13-5-4-11(8-15-13)14-19-17-10-20(14)2/h4-8,10H,3,9H2,1-2H3,(H,15,16). The lowest BCUT2D eigenvalue weighted by atomic mass is 10.2. The van der Waals surface area contributed by atoms with Crippen LogP contribution in [0.15, 0.2) is 36.9 Å². The Morgan fingerprint density at radius 1 is 1.24 bits per heavy atom. The van der Waals surface area contributed by atoms with Gasteiger partial charge in [0.15, 0.2) is 5.82 Å². The van der Waals surface area contributed by atoms with Crippen LogP contribution in [0.2, 0.25) is 0 Å². The van der Waals surface area contributed by atoms with E-state index in [0.29, 0.717) is 6.54 Å².